The number of rotatable bonds is 1. The van der Waals surface area contributed by atoms with Gasteiger partial charge in [0.15, 0.2) is 0 Å². The summed E-state index contributed by atoms with van der Waals surface area (Å²) in [5, 5.41) is 0. The molecule has 2 rings (SSSR count). The number of pyridine rings is 1. The van der Waals surface area contributed by atoms with Crippen LogP contribution in [0.25, 0.3) is 11.3 Å². The molecule has 0 saturated heterocycles. The summed E-state index contributed by atoms with van der Waals surface area (Å²) in [5.74, 6) is 0. The SMILES string of the molecule is FC(F)(F)c1ccc(-c2cc(C(F)(F)F)cc(=S)[nH]2)cc1. The van der Waals surface area contributed by atoms with Gasteiger partial charge >= 0.3 is 12.4 Å². The number of H-pyrrole nitrogens is 1. The lowest BCUT2D eigenvalue weighted by Crippen LogP contribution is -2.06. The highest BCUT2D eigenvalue weighted by molar-refractivity contribution is 7.71. The molecular formula is C13H7F6NS. The Kier molecular flexibility index (Phi) is 3.83. The van der Waals surface area contributed by atoms with Crippen molar-refractivity contribution in [3.63, 3.8) is 0 Å². The van der Waals surface area contributed by atoms with Gasteiger partial charge in [-0.25, -0.2) is 0 Å². The van der Waals surface area contributed by atoms with Crippen molar-refractivity contribution in [2.75, 3.05) is 0 Å². The average molecular weight is 323 g/mol. The number of alkyl halides is 6. The van der Waals surface area contributed by atoms with Crippen molar-refractivity contribution in [3.05, 3.63) is 52.2 Å². The fourth-order valence-corrected chi connectivity index (χ4v) is 1.94. The van der Waals surface area contributed by atoms with E-state index in [1.807, 2.05) is 0 Å². The van der Waals surface area contributed by atoms with Crippen LogP contribution in [0.5, 0.6) is 0 Å². The Balaban J connectivity index is 2.48. The molecule has 112 valence electrons. The Morgan fingerprint density at radius 3 is 1.76 bits per heavy atom. The molecule has 0 bridgehead atoms. The van der Waals surface area contributed by atoms with Gasteiger partial charge in [-0.2, -0.15) is 26.3 Å². The minimum Gasteiger partial charge on any atom is -0.346 e. The highest BCUT2D eigenvalue weighted by Crippen LogP contribution is 2.33. The second-order valence-corrected chi connectivity index (χ2v) is 4.66. The fraction of sp³-hybridized carbons (Fsp3) is 0.154. The summed E-state index contributed by atoms with van der Waals surface area (Å²) in [7, 11) is 0. The van der Waals surface area contributed by atoms with E-state index in [4.69, 9.17) is 12.2 Å². The third-order valence-corrected chi connectivity index (χ3v) is 2.91. The van der Waals surface area contributed by atoms with Crippen LogP contribution in [0.4, 0.5) is 26.3 Å². The lowest BCUT2D eigenvalue weighted by molar-refractivity contribution is -0.138. The molecule has 21 heavy (non-hydrogen) atoms. The maximum absolute atomic E-state index is 12.7. The first-order chi connectivity index (χ1) is 9.57. The first-order valence-corrected chi connectivity index (χ1v) is 5.97. The molecular weight excluding hydrogens is 316 g/mol. The van der Waals surface area contributed by atoms with Gasteiger partial charge in [0, 0.05) is 5.69 Å². The van der Waals surface area contributed by atoms with Gasteiger partial charge in [-0.15, -0.1) is 0 Å². The van der Waals surface area contributed by atoms with Gasteiger partial charge in [0.1, 0.15) is 4.64 Å². The molecule has 0 aliphatic rings. The number of aromatic nitrogens is 1. The van der Waals surface area contributed by atoms with Crippen LogP contribution in [0.3, 0.4) is 0 Å². The molecule has 0 fully saturated rings. The van der Waals surface area contributed by atoms with Crippen LogP contribution in [0.15, 0.2) is 36.4 Å². The quantitative estimate of drug-likeness (QED) is 0.545. The van der Waals surface area contributed by atoms with E-state index in [2.05, 4.69) is 4.98 Å². The maximum atomic E-state index is 12.7. The normalized spacial score (nSPS) is 12.5. The van der Waals surface area contributed by atoms with E-state index in [1.165, 1.54) is 0 Å². The van der Waals surface area contributed by atoms with Gasteiger partial charge in [-0.1, -0.05) is 24.4 Å². The van der Waals surface area contributed by atoms with Gasteiger partial charge in [0.2, 0.25) is 0 Å². The minimum atomic E-state index is -4.58. The summed E-state index contributed by atoms with van der Waals surface area (Å²) >= 11 is 4.71. The van der Waals surface area contributed by atoms with Crippen LogP contribution >= 0.6 is 12.2 Å². The second-order valence-electron chi connectivity index (χ2n) is 4.22. The van der Waals surface area contributed by atoms with Gasteiger partial charge in [-0.3, -0.25) is 0 Å². The predicted molar refractivity (Wildman–Crippen MR) is 67.1 cm³/mol. The highest BCUT2D eigenvalue weighted by Gasteiger charge is 2.32. The number of hydrogen-bond donors (Lipinski definition) is 1. The van der Waals surface area contributed by atoms with E-state index in [0.29, 0.717) is 0 Å². The second kappa shape index (κ2) is 5.18. The lowest BCUT2D eigenvalue weighted by Gasteiger charge is -2.10. The summed E-state index contributed by atoms with van der Waals surface area (Å²) in [4.78, 5) is 2.53. The Morgan fingerprint density at radius 2 is 1.29 bits per heavy atom. The third-order valence-electron chi connectivity index (χ3n) is 2.69. The number of benzene rings is 1. The summed E-state index contributed by atoms with van der Waals surface area (Å²) < 4.78 is 75.2. The zero-order valence-electron chi connectivity index (χ0n) is 10.1. The van der Waals surface area contributed by atoms with E-state index >= 15 is 0 Å². The molecule has 0 amide bonds. The van der Waals surface area contributed by atoms with Crippen LogP contribution in [0.2, 0.25) is 0 Å². The van der Waals surface area contributed by atoms with Crippen molar-refractivity contribution in [2.24, 2.45) is 0 Å². The maximum Gasteiger partial charge on any atom is 0.416 e. The van der Waals surface area contributed by atoms with E-state index < -0.39 is 23.5 Å². The fourth-order valence-electron chi connectivity index (χ4n) is 1.70. The number of aromatic amines is 1. The Labute approximate surface area is 120 Å². The largest absolute Gasteiger partial charge is 0.416 e. The number of halogens is 6. The number of hydrogen-bond acceptors (Lipinski definition) is 1. The number of nitrogens with one attached hydrogen (secondary N) is 1. The predicted octanol–water partition coefficient (Wildman–Crippen LogP) is 5.45. The van der Waals surface area contributed by atoms with Crippen LogP contribution in [-0.2, 0) is 12.4 Å². The van der Waals surface area contributed by atoms with Gasteiger partial charge in [0.25, 0.3) is 0 Å². The smallest absolute Gasteiger partial charge is 0.346 e. The topological polar surface area (TPSA) is 15.8 Å². The molecule has 1 aromatic heterocycles. The molecule has 0 unspecified atom stereocenters. The minimum absolute atomic E-state index is 0.00329. The lowest BCUT2D eigenvalue weighted by atomic mass is 10.1. The summed E-state index contributed by atoms with van der Waals surface area (Å²) in [6, 6.07) is 5.33. The average Bonchev–Trinajstić information content (AvgIpc) is 2.36. The molecule has 0 atom stereocenters. The Morgan fingerprint density at radius 1 is 0.762 bits per heavy atom. The van der Waals surface area contributed by atoms with Gasteiger partial charge in [-0.05, 0) is 29.8 Å². The van der Waals surface area contributed by atoms with Gasteiger partial charge in [0.05, 0.1) is 11.1 Å². The van der Waals surface area contributed by atoms with Crippen LogP contribution in [0.1, 0.15) is 11.1 Å². The van der Waals surface area contributed by atoms with E-state index in [9.17, 15) is 26.3 Å². The van der Waals surface area contributed by atoms with Crippen LogP contribution in [0, 0.1) is 4.64 Å². The zero-order valence-corrected chi connectivity index (χ0v) is 11.0. The van der Waals surface area contributed by atoms with E-state index in [-0.39, 0.29) is 15.9 Å². The molecule has 0 radical (unpaired) electrons. The summed E-state index contributed by atoms with van der Waals surface area (Å²) in [6.45, 7) is 0. The van der Waals surface area contributed by atoms with E-state index in [0.717, 1.165) is 36.4 Å². The molecule has 8 heteroatoms. The summed E-state index contributed by atoms with van der Waals surface area (Å²) in [5.41, 5.74) is -1.65. The Bertz CT molecular complexity index is 696. The summed E-state index contributed by atoms with van der Waals surface area (Å²) in [6.07, 6.45) is -9.08. The molecule has 1 aromatic carbocycles. The van der Waals surface area contributed by atoms with Crippen molar-refractivity contribution in [1.29, 1.82) is 0 Å². The van der Waals surface area contributed by atoms with Crippen LogP contribution in [-0.4, -0.2) is 4.98 Å². The molecule has 0 spiro atoms. The molecule has 0 aliphatic heterocycles. The molecule has 2 aromatic rings. The van der Waals surface area contributed by atoms with Crippen molar-refractivity contribution < 1.29 is 26.3 Å². The molecule has 1 heterocycles. The first-order valence-electron chi connectivity index (χ1n) is 5.56. The Hall–Kier alpha value is -1.83. The van der Waals surface area contributed by atoms with Crippen molar-refractivity contribution in [3.8, 4) is 11.3 Å². The van der Waals surface area contributed by atoms with E-state index in [1.54, 1.807) is 0 Å². The molecule has 1 N–H and O–H groups in total. The van der Waals surface area contributed by atoms with Crippen molar-refractivity contribution >= 4 is 12.2 Å². The highest BCUT2D eigenvalue weighted by atomic mass is 32.1. The third kappa shape index (κ3) is 3.63. The van der Waals surface area contributed by atoms with Crippen molar-refractivity contribution in [2.45, 2.75) is 12.4 Å². The zero-order chi connectivity index (χ0) is 15.8. The molecule has 0 saturated carbocycles. The standard InChI is InChI=1S/C13H7F6NS/c14-12(15,16)8-3-1-7(2-4-8)10-5-9(13(17,18)19)6-11(21)20-10/h1-6H,(H,20,21). The monoisotopic (exact) mass is 323 g/mol. The molecule has 1 nitrogen and oxygen atoms in total. The van der Waals surface area contributed by atoms with Gasteiger partial charge < -0.3 is 4.98 Å². The molecule has 0 aliphatic carbocycles. The van der Waals surface area contributed by atoms with Crippen molar-refractivity contribution in [1.82, 2.24) is 4.98 Å². The first kappa shape index (κ1) is 15.6. The van der Waals surface area contributed by atoms with Crippen LogP contribution < -0.4 is 0 Å².